The van der Waals surface area contributed by atoms with Gasteiger partial charge in [0.2, 0.25) is 0 Å². The Balaban J connectivity index is 5.23. The van der Waals surface area contributed by atoms with E-state index in [1.807, 2.05) is 0 Å². The van der Waals surface area contributed by atoms with Crippen LogP contribution in [-0.4, -0.2) is 96.7 Å². The van der Waals surface area contributed by atoms with Gasteiger partial charge in [0.15, 0.2) is 12.2 Å². The molecule has 3 N–H and O–H groups in total. The summed E-state index contributed by atoms with van der Waals surface area (Å²) in [5, 5.41) is 10.6. The van der Waals surface area contributed by atoms with Gasteiger partial charge in [-0.05, 0) is 25.7 Å². The van der Waals surface area contributed by atoms with Gasteiger partial charge in [-0.25, -0.2) is 9.13 Å². The molecule has 0 aromatic carbocycles. The number of aliphatic hydroxyl groups is 1. The van der Waals surface area contributed by atoms with Gasteiger partial charge in [0, 0.05) is 25.7 Å². The minimum Gasteiger partial charge on any atom is -0.462 e. The van der Waals surface area contributed by atoms with Gasteiger partial charge in [0.1, 0.15) is 19.3 Å². The third kappa shape index (κ3) is 70.5. The fourth-order valence-corrected chi connectivity index (χ4v) is 13.5. The van der Waals surface area contributed by atoms with Crippen LogP contribution in [0, 0.1) is 0 Å². The second-order valence-corrected chi connectivity index (χ2v) is 30.7. The fraction of sp³-hybridized carbons (Fsp3) is 0.948. The van der Waals surface area contributed by atoms with E-state index in [1.165, 1.54) is 244 Å². The Hall–Kier alpha value is -1.94. The molecule has 0 aliphatic heterocycles. The summed E-state index contributed by atoms with van der Waals surface area (Å²) in [6.07, 6.45) is 62.3. The van der Waals surface area contributed by atoms with Crippen LogP contribution in [0.3, 0.4) is 0 Å². The summed E-state index contributed by atoms with van der Waals surface area (Å²) in [6.45, 7) is 4.99. The molecule has 96 heavy (non-hydrogen) atoms. The zero-order chi connectivity index (χ0) is 70.4. The average Bonchev–Trinajstić information content (AvgIpc) is 1.20. The molecular formula is C77H150O17P2. The predicted octanol–water partition coefficient (Wildman–Crippen LogP) is 23.0. The Bertz CT molecular complexity index is 1830. The van der Waals surface area contributed by atoms with Crippen molar-refractivity contribution in [3.8, 4) is 0 Å². The highest BCUT2D eigenvalue weighted by Crippen LogP contribution is 2.45. The smallest absolute Gasteiger partial charge is 0.462 e. The molecule has 0 heterocycles. The van der Waals surface area contributed by atoms with Crippen LogP contribution in [0.25, 0.3) is 0 Å². The van der Waals surface area contributed by atoms with Gasteiger partial charge in [-0.15, -0.1) is 0 Å². The van der Waals surface area contributed by atoms with Crippen molar-refractivity contribution in [3.63, 3.8) is 0 Å². The number of phosphoric acid groups is 2. The standard InChI is InChI=1S/C77H150O17P2/c1-5-9-13-17-21-25-29-32-34-36-37-39-41-44-48-52-56-60-64-77(82)94-73(68-88-75(80)62-58-54-50-46-43-40-38-35-33-30-26-22-18-14-10-6-2)70-92-96(85,86)90-66-71(78)65-89-95(83,84)91-69-72(67-87-74(79)61-57-53-49-45-28-24-20-16-12-8-4)93-76(81)63-59-55-51-47-42-31-27-23-19-15-11-7-3/h71-73,78H,5-70H2,1-4H3,(H,83,84)(H,85,86)/t71-,72+,73+/m0/s1. The molecular weight excluding hydrogens is 1260 g/mol. The summed E-state index contributed by atoms with van der Waals surface area (Å²) in [5.41, 5.74) is 0. The van der Waals surface area contributed by atoms with E-state index >= 15 is 0 Å². The van der Waals surface area contributed by atoms with Crippen molar-refractivity contribution < 1.29 is 80.2 Å². The quantitative estimate of drug-likeness (QED) is 0.0222. The minimum absolute atomic E-state index is 0.108. The van der Waals surface area contributed by atoms with Gasteiger partial charge in [-0.1, -0.05) is 362 Å². The van der Waals surface area contributed by atoms with Crippen LogP contribution >= 0.6 is 15.6 Å². The topological polar surface area (TPSA) is 237 Å². The number of aliphatic hydroxyl groups excluding tert-OH is 1. The molecule has 0 fully saturated rings. The Morgan fingerprint density at radius 2 is 0.417 bits per heavy atom. The lowest BCUT2D eigenvalue weighted by Gasteiger charge is -2.21. The van der Waals surface area contributed by atoms with Crippen molar-refractivity contribution in [1.82, 2.24) is 0 Å². The summed E-state index contributed by atoms with van der Waals surface area (Å²) in [7, 11) is -9.91. The lowest BCUT2D eigenvalue weighted by molar-refractivity contribution is -0.161. The van der Waals surface area contributed by atoms with E-state index < -0.39 is 97.5 Å². The summed E-state index contributed by atoms with van der Waals surface area (Å²) in [5.74, 6) is -2.11. The molecule has 0 rings (SSSR count). The van der Waals surface area contributed by atoms with Crippen LogP contribution in [-0.2, 0) is 65.4 Å². The highest BCUT2D eigenvalue weighted by Gasteiger charge is 2.30. The Morgan fingerprint density at radius 3 is 0.615 bits per heavy atom. The number of ether oxygens (including phenoxy) is 4. The highest BCUT2D eigenvalue weighted by atomic mass is 31.2. The van der Waals surface area contributed by atoms with Crippen LogP contribution in [0.15, 0.2) is 0 Å². The SMILES string of the molecule is CCCCCCCCCCCCCCCCCCCCC(=O)O[C@H](COC(=O)CCCCCCCCCCCCCCCCCC)COP(=O)(O)OC[C@@H](O)COP(=O)(O)OC[C@@H](COC(=O)CCCCCCCCCCCC)OC(=O)CCCCCCCCCCCCCC. The van der Waals surface area contributed by atoms with Crippen molar-refractivity contribution >= 4 is 39.5 Å². The average molecular weight is 1410 g/mol. The first-order valence-electron chi connectivity index (χ1n) is 40.3. The van der Waals surface area contributed by atoms with Crippen LogP contribution in [0.5, 0.6) is 0 Å². The third-order valence-corrected chi connectivity index (χ3v) is 20.0. The fourth-order valence-electron chi connectivity index (χ4n) is 11.9. The lowest BCUT2D eigenvalue weighted by Crippen LogP contribution is -2.30. The number of carbonyl (C=O) groups is 4. The lowest BCUT2D eigenvalue weighted by atomic mass is 10.0. The molecule has 0 spiro atoms. The molecule has 0 saturated heterocycles. The van der Waals surface area contributed by atoms with E-state index in [1.54, 1.807) is 0 Å². The second kappa shape index (κ2) is 71.5. The van der Waals surface area contributed by atoms with Crippen molar-refractivity contribution in [2.75, 3.05) is 39.6 Å². The molecule has 5 atom stereocenters. The molecule has 0 aliphatic carbocycles. The largest absolute Gasteiger partial charge is 0.472 e. The Kier molecular flexibility index (Phi) is 70.0. The number of phosphoric ester groups is 2. The first-order valence-corrected chi connectivity index (χ1v) is 43.3. The van der Waals surface area contributed by atoms with E-state index in [-0.39, 0.29) is 25.7 Å². The number of rotatable bonds is 78. The highest BCUT2D eigenvalue weighted by molar-refractivity contribution is 7.47. The zero-order valence-corrected chi connectivity index (χ0v) is 64.1. The molecule has 0 aromatic rings. The monoisotopic (exact) mass is 1410 g/mol. The third-order valence-electron chi connectivity index (χ3n) is 18.1. The van der Waals surface area contributed by atoms with Crippen LogP contribution in [0.2, 0.25) is 0 Å². The second-order valence-electron chi connectivity index (χ2n) is 27.7. The van der Waals surface area contributed by atoms with Gasteiger partial charge in [-0.3, -0.25) is 37.3 Å². The maximum Gasteiger partial charge on any atom is 0.472 e. The number of carbonyl (C=O) groups excluding carboxylic acids is 4. The number of esters is 4. The van der Waals surface area contributed by atoms with Gasteiger partial charge in [0.05, 0.1) is 26.4 Å². The van der Waals surface area contributed by atoms with E-state index in [2.05, 4.69) is 27.7 Å². The van der Waals surface area contributed by atoms with Crippen LogP contribution in [0.1, 0.15) is 413 Å². The van der Waals surface area contributed by atoms with E-state index in [0.717, 1.165) is 89.9 Å². The van der Waals surface area contributed by atoms with Crippen molar-refractivity contribution in [2.24, 2.45) is 0 Å². The van der Waals surface area contributed by atoms with Crippen molar-refractivity contribution in [1.29, 1.82) is 0 Å². The number of unbranched alkanes of at least 4 members (excludes halogenated alkanes) is 52. The van der Waals surface area contributed by atoms with Crippen LogP contribution in [0.4, 0.5) is 0 Å². The molecule has 17 nitrogen and oxygen atoms in total. The summed E-state index contributed by atoms with van der Waals surface area (Å²) < 4.78 is 68.6. The summed E-state index contributed by atoms with van der Waals surface area (Å²) in [4.78, 5) is 72.8. The maximum atomic E-state index is 13.1. The van der Waals surface area contributed by atoms with Gasteiger partial charge < -0.3 is 33.8 Å². The molecule has 0 radical (unpaired) electrons. The molecule has 0 bridgehead atoms. The van der Waals surface area contributed by atoms with E-state index in [4.69, 9.17) is 37.0 Å². The summed E-state index contributed by atoms with van der Waals surface area (Å²) >= 11 is 0. The first kappa shape index (κ1) is 94.1. The zero-order valence-electron chi connectivity index (χ0n) is 62.4. The summed E-state index contributed by atoms with van der Waals surface area (Å²) in [6, 6.07) is 0. The molecule has 2 unspecified atom stereocenters. The minimum atomic E-state index is -4.96. The van der Waals surface area contributed by atoms with E-state index in [9.17, 15) is 43.2 Å². The van der Waals surface area contributed by atoms with Crippen LogP contribution < -0.4 is 0 Å². The normalized spacial score (nSPS) is 13.9. The van der Waals surface area contributed by atoms with Crippen molar-refractivity contribution in [2.45, 2.75) is 431 Å². The van der Waals surface area contributed by atoms with Gasteiger partial charge in [-0.2, -0.15) is 0 Å². The molecule has 570 valence electrons. The Labute approximate surface area is 588 Å². The molecule has 0 aliphatic rings. The first-order chi connectivity index (χ1) is 46.7. The molecule has 0 saturated carbocycles. The number of hydrogen-bond donors (Lipinski definition) is 3. The Morgan fingerprint density at radius 1 is 0.250 bits per heavy atom. The molecule has 0 aromatic heterocycles. The van der Waals surface area contributed by atoms with Gasteiger partial charge >= 0.3 is 39.5 Å². The maximum absolute atomic E-state index is 13.1. The molecule has 19 heteroatoms. The number of hydrogen-bond acceptors (Lipinski definition) is 15. The predicted molar refractivity (Wildman–Crippen MR) is 391 cm³/mol. The van der Waals surface area contributed by atoms with Crippen molar-refractivity contribution in [3.05, 3.63) is 0 Å². The molecule has 0 amide bonds. The van der Waals surface area contributed by atoms with Gasteiger partial charge in [0.25, 0.3) is 0 Å². The van der Waals surface area contributed by atoms with E-state index in [0.29, 0.717) is 25.7 Å².